The maximum Gasteiger partial charge on any atom is 0.106 e. The molecule has 0 radical (unpaired) electrons. The Morgan fingerprint density at radius 1 is 1.43 bits per heavy atom. The molecular weight excluding hydrogens is 174 g/mol. The molecule has 1 saturated heterocycles. The highest BCUT2D eigenvalue weighted by Gasteiger charge is 2.23. The summed E-state index contributed by atoms with van der Waals surface area (Å²) in [4.78, 5) is 8.06. The number of aryl methyl sites for hydroxylation is 1. The number of imidazole rings is 1. The molecule has 1 aromatic heterocycles. The minimum atomic E-state index is 0.646. The van der Waals surface area contributed by atoms with E-state index < -0.39 is 0 Å². The van der Waals surface area contributed by atoms with Crippen LogP contribution in [0.25, 0.3) is 0 Å². The van der Waals surface area contributed by atoms with Gasteiger partial charge in [-0.05, 0) is 12.8 Å². The lowest BCUT2D eigenvalue weighted by molar-refractivity contribution is 0.438. The molecule has 3 heteroatoms. The molecule has 2 N–H and O–H groups in total. The van der Waals surface area contributed by atoms with E-state index in [1.54, 1.807) is 0 Å². The number of aromatic amines is 1. The molecule has 1 aliphatic rings. The molecule has 78 valence electrons. The highest BCUT2D eigenvalue weighted by Crippen LogP contribution is 2.21. The maximum atomic E-state index is 4.68. The third kappa shape index (κ3) is 1.82. The predicted octanol–water partition coefficient (Wildman–Crippen LogP) is 1.60. The Hall–Kier alpha value is -0.830. The summed E-state index contributed by atoms with van der Waals surface area (Å²) in [7, 11) is 0. The Morgan fingerprint density at radius 3 is 2.64 bits per heavy atom. The van der Waals surface area contributed by atoms with Crippen molar-refractivity contribution in [2.45, 2.75) is 33.1 Å². The van der Waals surface area contributed by atoms with Crippen LogP contribution < -0.4 is 5.32 Å². The third-order valence-corrected chi connectivity index (χ3v) is 2.74. The van der Waals surface area contributed by atoms with E-state index in [4.69, 9.17) is 0 Å². The van der Waals surface area contributed by atoms with E-state index in [-0.39, 0.29) is 0 Å². The van der Waals surface area contributed by atoms with Crippen molar-refractivity contribution in [3.8, 4) is 0 Å². The first-order chi connectivity index (χ1) is 6.66. The minimum absolute atomic E-state index is 0.646. The summed E-state index contributed by atoms with van der Waals surface area (Å²) in [5.74, 6) is 2.47. The van der Waals surface area contributed by atoms with Gasteiger partial charge in [-0.2, -0.15) is 0 Å². The lowest BCUT2D eigenvalue weighted by Gasteiger charge is -2.25. The average molecular weight is 193 g/mol. The molecular formula is C11H19N3. The van der Waals surface area contributed by atoms with Gasteiger partial charge in [-0.3, -0.25) is 0 Å². The monoisotopic (exact) mass is 193 g/mol. The number of hydrogen-bond donors (Lipinski definition) is 2. The SMILES string of the molecule is Cc1[nH]c(CC(C)C)nc1C1CNC1. The van der Waals surface area contributed by atoms with Gasteiger partial charge >= 0.3 is 0 Å². The van der Waals surface area contributed by atoms with Gasteiger partial charge in [0, 0.05) is 31.1 Å². The predicted molar refractivity (Wildman–Crippen MR) is 57.5 cm³/mol. The molecule has 0 atom stereocenters. The first kappa shape index (κ1) is 9.71. The van der Waals surface area contributed by atoms with Crippen LogP contribution in [0.15, 0.2) is 0 Å². The van der Waals surface area contributed by atoms with Crippen LogP contribution in [0.4, 0.5) is 0 Å². The van der Waals surface area contributed by atoms with Crippen LogP contribution in [0.1, 0.15) is 37.0 Å². The van der Waals surface area contributed by atoms with Gasteiger partial charge in [0.05, 0.1) is 5.69 Å². The number of rotatable bonds is 3. The van der Waals surface area contributed by atoms with Crippen molar-refractivity contribution in [1.29, 1.82) is 0 Å². The van der Waals surface area contributed by atoms with E-state index in [1.165, 1.54) is 11.4 Å². The van der Waals surface area contributed by atoms with Gasteiger partial charge in [-0.1, -0.05) is 13.8 Å². The molecule has 0 aromatic carbocycles. The number of hydrogen-bond acceptors (Lipinski definition) is 2. The standard InChI is InChI=1S/C11H19N3/c1-7(2)4-10-13-8(3)11(14-10)9-5-12-6-9/h7,9,12H,4-6H2,1-3H3,(H,13,14). The summed E-state index contributed by atoms with van der Waals surface area (Å²) in [5, 5.41) is 3.28. The Balaban J connectivity index is 2.12. The molecule has 1 aliphatic heterocycles. The number of aromatic nitrogens is 2. The largest absolute Gasteiger partial charge is 0.346 e. The molecule has 0 amide bonds. The van der Waals surface area contributed by atoms with E-state index in [1.807, 2.05) is 0 Å². The zero-order chi connectivity index (χ0) is 10.1. The molecule has 0 spiro atoms. The van der Waals surface area contributed by atoms with Crippen molar-refractivity contribution in [3.63, 3.8) is 0 Å². The molecule has 3 nitrogen and oxygen atoms in total. The van der Waals surface area contributed by atoms with Crippen LogP contribution in [0, 0.1) is 12.8 Å². The smallest absolute Gasteiger partial charge is 0.106 e. The van der Waals surface area contributed by atoms with Gasteiger partial charge in [0.25, 0.3) is 0 Å². The minimum Gasteiger partial charge on any atom is -0.346 e. The topological polar surface area (TPSA) is 40.7 Å². The fourth-order valence-corrected chi connectivity index (χ4v) is 1.90. The van der Waals surface area contributed by atoms with E-state index in [0.717, 1.165) is 25.3 Å². The Labute approximate surface area is 85.3 Å². The number of nitrogens with one attached hydrogen (secondary N) is 2. The van der Waals surface area contributed by atoms with Crippen LogP contribution in [0.3, 0.4) is 0 Å². The quantitative estimate of drug-likeness (QED) is 0.765. The van der Waals surface area contributed by atoms with Crippen molar-refractivity contribution >= 4 is 0 Å². The van der Waals surface area contributed by atoms with Gasteiger partial charge in [0.15, 0.2) is 0 Å². The summed E-state index contributed by atoms with van der Waals surface area (Å²) in [6, 6.07) is 0. The second-order valence-corrected chi connectivity index (χ2v) is 4.65. The highest BCUT2D eigenvalue weighted by molar-refractivity contribution is 5.21. The van der Waals surface area contributed by atoms with Gasteiger partial charge < -0.3 is 10.3 Å². The fourth-order valence-electron chi connectivity index (χ4n) is 1.90. The van der Waals surface area contributed by atoms with Crippen LogP contribution in [-0.4, -0.2) is 23.1 Å². The zero-order valence-electron chi connectivity index (χ0n) is 9.22. The molecule has 0 unspecified atom stereocenters. The lowest BCUT2D eigenvalue weighted by Crippen LogP contribution is -2.40. The first-order valence-corrected chi connectivity index (χ1v) is 5.43. The molecule has 0 aliphatic carbocycles. The van der Waals surface area contributed by atoms with Crippen LogP contribution >= 0.6 is 0 Å². The van der Waals surface area contributed by atoms with Gasteiger partial charge in [0.1, 0.15) is 5.82 Å². The van der Waals surface area contributed by atoms with Crippen molar-refractivity contribution in [1.82, 2.24) is 15.3 Å². The van der Waals surface area contributed by atoms with Crippen LogP contribution in [0.5, 0.6) is 0 Å². The van der Waals surface area contributed by atoms with Gasteiger partial charge in [-0.15, -0.1) is 0 Å². The van der Waals surface area contributed by atoms with E-state index in [2.05, 4.69) is 36.1 Å². The Kier molecular flexibility index (Phi) is 2.59. The van der Waals surface area contributed by atoms with Crippen LogP contribution in [-0.2, 0) is 6.42 Å². The van der Waals surface area contributed by atoms with Crippen LogP contribution in [0.2, 0.25) is 0 Å². The maximum absolute atomic E-state index is 4.68. The average Bonchev–Trinajstić information content (AvgIpc) is 2.27. The lowest BCUT2D eigenvalue weighted by atomic mass is 9.98. The first-order valence-electron chi connectivity index (χ1n) is 5.43. The molecule has 14 heavy (non-hydrogen) atoms. The summed E-state index contributed by atoms with van der Waals surface area (Å²) in [5.41, 5.74) is 2.53. The second kappa shape index (κ2) is 3.73. The number of H-pyrrole nitrogens is 1. The van der Waals surface area contributed by atoms with E-state index in [9.17, 15) is 0 Å². The fraction of sp³-hybridized carbons (Fsp3) is 0.727. The normalized spacial score (nSPS) is 17.4. The van der Waals surface area contributed by atoms with Crippen molar-refractivity contribution in [3.05, 3.63) is 17.2 Å². The highest BCUT2D eigenvalue weighted by atomic mass is 15.0. The van der Waals surface area contributed by atoms with Gasteiger partial charge in [-0.25, -0.2) is 4.98 Å². The van der Waals surface area contributed by atoms with Crippen molar-refractivity contribution in [2.24, 2.45) is 5.92 Å². The molecule has 2 rings (SSSR count). The van der Waals surface area contributed by atoms with Crippen molar-refractivity contribution < 1.29 is 0 Å². The summed E-state index contributed by atoms with van der Waals surface area (Å²) >= 11 is 0. The Morgan fingerprint density at radius 2 is 2.14 bits per heavy atom. The Bertz CT molecular complexity index is 310. The molecule has 0 bridgehead atoms. The molecule has 0 saturated carbocycles. The second-order valence-electron chi connectivity index (χ2n) is 4.65. The number of nitrogens with zero attached hydrogens (tertiary/aromatic N) is 1. The summed E-state index contributed by atoms with van der Waals surface area (Å²) in [6.07, 6.45) is 1.06. The molecule has 1 fully saturated rings. The third-order valence-electron chi connectivity index (χ3n) is 2.74. The van der Waals surface area contributed by atoms with E-state index in [0.29, 0.717) is 11.8 Å². The summed E-state index contributed by atoms with van der Waals surface area (Å²) in [6.45, 7) is 8.76. The van der Waals surface area contributed by atoms with Crippen molar-refractivity contribution in [2.75, 3.05) is 13.1 Å². The molecule has 2 heterocycles. The van der Waals surface area contributed by atoms with E-state index >= 15 is 0 Å². The zero-order valence-corrected chi connectivity index (χ0v) is 9.22. The molecule has 1 aromatic rings. The van der Waals surface area contributed by atoms with Gasteiger partial charge in [0.2, 0.25) is 0 Å². The summed E-state index contributed by atoms with van der Waals surface area (Å²) < 4.78 is 0.